The van der Waals surface area contributed by atoms with Crippen molar-refractivity contribution in [1.82, 2.24) is 4.57 Å². The van der Waals surface area contributed by atoms with Crippen LogP contribution in [0, 0.1) is 5.41 Å². The predicted molar refractivity (Wildman–Crippen MR) is 115 cm³/mol. The molecule has 1 heterocycles. The SMILES string of the molecule is O=C(c1cccc2ccccc12)n1c2c(c3ccccc31)CC(C(=O)O)(C(=O)O)CC2. The maximum Gasteiger partial charge on any atom is 0.321 e. The van der Waals surface area contributed by atoms with Crippen LogP contribution in [0.1, 0.15) is 28.0 Å². The third-order valence-electron chi connectivity index (χ3n) is 6.40. The molecule has 1 aromatic heterocycles. The van der Waals surface area contributed by atoms with Gasteiger partial charge in [-0.05, 0) is 41.3 Å². The van der Waals surface area contributed by atoms with Crippen molar-refractivity contribution in [2.45, 2.75) is 19.3 Å². The Morgan fingerprint density at radius 1 is 0.806 bits per heavy atom. The first-order valence-electron chi connectivity index (χ1n) is 10.0. The van der Waals surface area contributed by atoms with E-state index < -0.39 is 17.4 Å². The Morgan fingerprint density at radius 3 is 2.19 bits per heavy atom. The van der Waals surface area contributed by atoms with Crippen molar-refractivity contribution >= 4 is 39.5 Å². The molecule has 0 atom stereocenters. The number of carbonyl (C=O) groups excluding carboxylic acids is 1. The minimum absolute atomic E-state index is 0.0657. The molecule has 3 aromatic carbocycles. The van der Waals surface area contributed by atoms with Gasteiger partial charge in [0.05, 0.1) is 5.52 Å². The third-order valence-corrected chi connectivity index (χ3v) is 6.40. The van der Waals surface area contributed by atoms with Gasteiger partial charge in [-0.15, -0.1) is 0 Å². The molecule has 4 aromatic rings. The predicted octanol–water partition coefficient (Wildman–Crippen LogP) is 4.13. The minimum Gasteiger partial charge on any atom is -0.480 e. The highest BCUT2D eigenvalue weighted by Crippen LogP contribution is 2.41. The number of nitrogens with zero attached hydrogens (tertiary/aromatic N) is 1. The maximum atomic E-state index is 13.8. The molecule has 5 rings (SSSR count). The lowest BCUT2D eigenvalue weighted by Crippen LogP contribution is -2.44. The first-order chi connectivity index (χ1) is 14.9. The number of hydrogen-bond donors (Lipinski definition) is 2. The molecule has 0 unspecified atom stereocenters. The summed E-state index contributed by atoms with van der Waals surface area (Å²) in [7, 11) is 0. The fourth-order valence-electron chi connectivity index (χ4n) is 4.76. The summed E-state index contributed by atoms with van der Waals surface area (Å²) >= 11 is 0. The zero-order valence-electron chi connectivity index (χ0n) is 16.5. The second kappa shape index (κ2) is 6.80. The van der Waals surface area contributed by atoms with Crippen LogP contribution in [0.25, 0.3) is 21.7 Å². The summed E-state index contributed by atoms with van der Waals surface area (Å²) in [6.07, 6.45) is -0.0216. The fraction of sp³-hybridized carbons (Fsp3) is 0.160. The van der Waals surface area contributed by atoms with Crippen molar-refractivity contribution in [3.8, 4) is 0 Å². The smallest absolute Gasteiger partial charge is 0.321 e. The number of aromatic nitrogens is 1. The highest BCUT2D eigenvalue weighted by atomic mass is 16.4. The number of carboxylic acid groups (broad SMARTS) is 2. The quantitative estimate of drug-likeness (QED) is 0.493. The number of aliphatic carboxylic acids is 2. The Morgan fingerprint density at radius 2 is 1.45 bits per heavy atom. The van der Waals surface area contributed by atoms with Gasteiger partial charge in [0, 0.05) is 23.1 Å². The molecule has 0 bridgehead atoms. The summed E-state index contributed by atoms with van der Waals surface area (Å²) in [5.41, 5.74) is 0.647. The van der Waals surface area contributed by atoms with Crippen molar-refractivity contribution in [3.05, 3.63) is 83.6 Å². The van der Waals surface area contributed by atoms with E-state index in [-0.39, 0.29) is 25.2 Å². The van der Waals surface area contributed by atoms with Crippen LogP contribution >= 0.6 is 0 Å². The van der Waals surface area contributed by atoms with E-state index in [1.165, 1.54) is 0 Å². The molecule has 0 fully saturated rings. The van der Waals surface area contributed by atoms with Crippen LogP contribution in [-0.4, -0.2) is 32.6 Å². The Labute approximate surface area is 177 Å². The number of carboxylic acids is 2. The summed E-state index contributed by atoms with van der Waals surface area (Å²) < 4.78 is 1.64. The number of hydrogen-bond acceptors (Lipinski definition) is 3. The molecular weight excluding hydrogens is 394 g/mol. The van der Waals surface area contributed by atoms with Gasteiger partial charge in [0.15, 0.2) is 5.41 Å². The Balaban J connectivity index is 1.75. The van der Waals surface area contributed by atoms with Crippen LogP contribution in [0.4, 0.5) is 0 Å². The van der Waals surface area contributed by atoms with E-state index in [1.54, 1.807) is 10.6 Å². The standard InChI is InChI=1S/C25H19NO5/c27-22(18-10-5-7-15-6-1-2-8-16(15)18)26-20-11-4-3-9-17(20)19-14-25(23(28)29,24(30)31)13-12-21(19)26/h1-11H,12-14H2,(H,28,29)(H,30,31). The Hall–Kier alpha value is -3.93. The molecule has 6 nitrogen and oxygen atoms in total. The molecule has 0 aliphatic heterocycles. The first-order valence-corrected chi connectivity index (χ1v) is 10.0. The molecule has 0 radical (unpaired) electrons. The highest BCUT2D eigenvalue weighted by molar-refractivity contribution is 6.12. The third kappa shape index (κ3) is 2.68. The van der Waals surface area contributed by atoms with Gasteiger partial charge in [0.25, 0.3) is 5.91 Å². The largest absolute Gasteiger partial charge is 0.480 e. The molecule has 0 amide bonds. The van der Waals surface area contributed by atoms with E-state index in [1.807, 2.05) is 60.7 Å². The van der Waals surface area contributed by atoms with E-state index in [2.05, 4.69) is 0 Å². The normalized spacial score (nSPS) is 15.0. The van der Waals surface area contributed by atoms with E-state index in [4.69, 9.17) is 0 Å². The van der Waals surface area contributed by atoms with Crippen molar-refractivity contribution in [2.75, 3.05) is 0 Å². The van der Waals surface area contributed by atoms with Crippen molar-refractivity contribution in [3.63, 3.8) is 0 Å². The Bertz CT molecular complexity index is 1380. The van der Waals surface area contributed by atoms with Gasteiger partial charge in [-0.1, -0.05) is 54.6 Å². The second-order valence-electron chi connectivity index (χ2n) is 7.98. The number of carbonyl (C=O) groups is 3. The zero-order valence-corrected chi connectivity index (χ0v) is 16.5. The lowest BCUT2D eigenvalue weighted by molar-refractivity contribution is -0.165. The summed E-state index contributed by atoms with van der Waals surface area (Å²) in [6.45, 7) is 0. The monoisotopic (exact) mass is 413 g/mol. The average molecular weight is 413 g/mol. The highest BCUT2D eigenvalue weighted by Gasteiger charge is 2.50. The molecule has 1 aliphatic carbocycles. The van der Waals surface area contributed by atoms with Gasteiger partial charge in [0.1, 0.15) is 0 Å². The summed E-state index contributed by atoms with van der Waals surface area (Å²) in [5.74, 6) is -2.89. The van der Waals surface area contributed by atoms with Gasteiger partial charge in [-0.25, -0.2) is 0 Å². The van der Waals surface area contributed by atoms with Crippen LogP contribution in [0.5, 0.6) is 0 Å². The summed E-state index contributed by atoms with van der Waals surface area (Å²) in [4.78, 5) is 37.6. The van der Waals surface area contributed by atoms with E-state index >= 15 is 0 Å². The topological polar surface area (TPSA) is 96.6 Å². The number of rotatable bonds is 3. The molecule has 154 valence electrons. The zero-order chi connectivity index (χ0) is 21.8. The average Bonchev–Trinajstić information content (AvgIpc) is 3.11. The van der Waals surface area contributed by atoms with Gasteiger partial charge in [0.2, 0.25) is 0 Å². The molecule has 1 aliphatic rings. The molecule has 0 spiro atoms. The minimum atomic E-state index is -1.88. The fourth-order valence-corrected chi connectivity index (χ4v) is 4.76. The Kier molecular flexibility index (Phi) is 4.18. The summed E-state index contributed by atoms with van der Waals surface area (Å²) in [6, 6.07) is 20.5. The number of benzene rings is 3. The van der Waals surface area contributed by atoms with Crippen molar-refractivity contribution in [1.29, 1.82) is 0 Å². The van der Waals surface area contributed by atoms with Crippen LogP contribution < -0.4 is 0 Å². The van der Waals surface area contributed by atoms with Crippen molar-refractivity contribution in [2.24, 2.45) is 5.41 Å². The van der Waals surface area contributed by atoms with Crippen molar-refractivity contribution < 1.29 is 24.6 Å². The molecule has 2 N–H and O–H groups in total. The molecule has 0 saturated heterocycles. The molecular formula is C25H19NO5. The molecule has 0 saturated carbocycles. The summed E-state index contributed by atoms with van der Waals surface area (Å²) in [5, 5.41) is 21.9. The number of para-hydroxylation sites is 1. The lowest BCUT2D eigenvalue weighted by atomic mass is 9.72. The van der Waals surface area contributed by atoms with E-state index in [9.17, 15) is 24.6 Å². The van der Waals surface area contributed by atoms with Crippen LogP contribution in [0.3, 0.4) is 0 Å². The van der Waals surface area contributed by atoms with E-state index in [0.29, 0.717) is 22.3 Å². The maximum absolute atomic E-state index is 13.8. The van der Waals surface area contributed by atoms with E-state index in [0.717, 1.165) is 16.2 Å². The lowest BCUT2D eigenvalue weighted by Gasteiger charge is -2.29. The van der Waals surface area contributed by atoms with Gasteiger partial charge < -0.3 is 10.2 Å². The van der Waals surface area contributed by atoms with Crippen LogP contribution in [0.15, 0.2) is 66.7 Å². The number of fused-ring (bicyclic) bond motifs is 4. The van der Waals surface area contributed by atoms with Crippen LogP contribution in [-0.2, 0) is 22.4 Å². The first kappa shape index (κ1) is 19.1. The second-order valence-corrected chi connectivity index (χ2v) is 7.98. The van der Waals surface area contributed by atoms with Gasteiger partial charge >= 0.3 is 11.9 Å². The molecule has 31 heavy (non-hydrogen) atoms. The van der Waals surface area contributed by atoms with Gasteiger partial charge in [-0.3, -0.25) is 19.0 Å². The van der Waals surface area contributed by atoms with Gasteiger partial charge in [-0.2, -0.15) is 0 Å². The molecule has 6 heteroatoms. The van der Waals surface area contributed by atoms with Crippen LogP contribution in [0.2, 0.25) is 0 Å².